The van der Waals surface area contributed by atoms with Crippen molar-refractivity contribution >= 4 is 30.4 Å². The van der Waals surface area contributed by atoms with Crippen LogP contribution >= 0.6 is 0 Å². The van der Waals surface area contributed by atoms with Crippen molar-refractivity contribution in [2.45, 2.75) is 11.3 Å². The lowest BCUT2D eigenvalue weighted by atomic mass is 10.2. The molecule has 1 rings (SSSR count). The summed E-state index contributed by atoms with van der Waals surface area (Å²) < 4.78 is 36.5. The third kappa shape index (κ3) is 3.88. The van der Waals surface area contributed by atoms with Crippen LogP contribution in [0.5, 0.6) is 0 Å². The highest BCUT2D eigenvalue weighted by atomic mass is 32.2. The number of rotatable bonds is 5. The summed E-state index contributed by atoms with van der Waals surface area (Å²) in [7, 11) is -4.22. The van der Waals surface area contributed by atoms with E-state index in [4.69, 9.17) is 8.67 Å². The molecule has 0 bridgehead atoms. The molecule has 0 aliphatic rings. The van der Waals surface area contributed by atoms with Crippen LogP contribution in [0.15, 0.2) is 30.3 Å². The fraction of sp³-hybridized carbons (Fsp3) is 0.250. The average Bonchev–Trinajstić information content (AvgIpc) is 2.18. The van der Waals surface area contributed by atoms with Gasteiger partial charge in [-0.1, -0.05) is 30.3 Å². The number of hydrogen-bond donors (Lipinski definition) is 1. The first kappa shape index (κ1) is 12.6. The molecule has 0 aliphatic heterocycles. The van der Waals surface area contributed by atoms with Crippen LogP contribution in [0.25, 0.3) is 0 Å². The molecule has 1 N–H and O–H groups in total. The van der Waals surface area contributed by atoms with Crippen molar-refractivity contribution in [1.82, 2.24) is 0 Å². The van der Waals surface area contributed by atoms with E-state index in [0.717, 1.165) is 0 Å². The molecule has 0 aromatic heterocycles. The molecule has 0 heterocycles. The maximum atomic E-state index is 11.2. The molecule has 0 fully saturated rings. The monoisotopic (exact) mass is 262 g/mol. The summed E-state index contributed by atoms with van der Waals surface area (Å²) in [5.74, 6) is 0. The minimum Gasteiger partial charge on any atom is -0.468 e. The second-order valence-electron chi connectivity index (χ2n) is 3.20. The largest absolute Gasteiger partial charge is 0.468 e. The molecule has 1 aromatic rings. The van der Waals surface area contributed by atoms with Gasteiger partial charge in [-0.25, -0.2) is 0 Å². The summed E-state index contributed by atoms with van der Waals surface area (Å²) in [6.07, 6.45) is 0. The van der Waals surface area contributed by atoms with Crippen LogP contribution < -0.4 is 0 Å². The zero-order valence-electron chi connectivity index (χ0n) is 8.46. The first-order chi connectivity index (χ1) is 7.05. The van der Waals surface area contributed by atoms with Gasteiger partial charge in [0, 0.05) is 0 Å². The highest BCUT2D eigenvalue weighted by Gasteiger charge is 2.24. The van der Waals surface area contributed by atoms with Gasteiger partial charge >= 0.3 is 0 Å². The molecule has 0 spiro atoms. The highest BCUT2D eigenvalue weighted by molar-refractivity contribution is 7.86. The second kappa shape index (κ2) is 5.56. The van der Waals surface area contributed by atoms with Crippen molar-refractivity contribution in [2.75, 3.05) is 0 Å². The van der Waals surface area contributed by atoms with Gasteiger partial charge in [-0.2, -0.15) is 8.42 Å². The Morgan fingerprint density at radius 3 is 2.47 bits per heavy atom. The van der Waals surface area contributed by atoms with E-state index in [0.29, 0.717) is 22.1 Å². The van der Waals surface area contributed by atoms with Gasteiger partial charge in [-0.3, -0.25) is 4.55 Å². The summed E-state index contributed by atoms with van der Waals surface area (Å²) in [6, 6.07) is 9.17. The van der Waals surface area contributed by atoms with E-state index >= 15 is 0 Å². The lowest BCUT2D eigenvalue weighted by molar-refractivity contribution is 0.471. The molecule has 0 aliphatic carbocycles. The summed E-state index contributed by atoms with van der Waals surface area (Å²) in [6.45, 7) is 0. The fourth-order valence-corrected chi connectivity index (χ4v) is 4.85. The molecule has 0 amide bonds. The lowest BCUT2D eigenvalue weighted by Gasteiger charge is -2.13. The maximum absolute atomic E-state index is 11.2. The summed E-state index contributed by atoms with van der Waals surface area (Å²) in [4.78, 5) is 0. The fourth-order valence-electron chi connectivity index (χ4n) is 1.38. The van der Waals surface area contributed by atoms with Crippen LogP contribution in [-0.4, -0.2) is 33.2 Å². The lowest BCUT2D eigenvalue weighted by Crippen LogP contribution is -2.15. The second-order valence-corrected chi connectivity index (χ2v) is 8.09. The molecular weight excluding hydrogens is 248 g/mol. The van der Waals surface area contributed by atoms with Gasteiger partial charge in [0.2, 0.25) is 0 Å². The van der Waals surface area contributed by atoms with Crippen LogP contribution in [-0.2, 0) is 14.2 Å². The Bertz CT molecular complexity index is 392. The van der Waals surface area contributed by atoms with E-state index in [9.17, 15) is 8.42 Å². The quantitative estimate of drug-likeness (QED) is 0.569. The molecule has 0 saturated carbocycles. The van der Waals surface area contributed by atoms with E-state index in [2.05, 4.69) is 0 Å². The number of benzene rings is 1. The van der Waals surface area contributed by atoms with Gasteiger partial charge in [0.15, 0.2) is 0 Å². The van der Waals surface area contributed by atoms with Gasteiger partial charge in [-0.05, 0) is 11.6 Å². The molecule has 1 unspecified atom stereocenters. The minimum atomic E-state index is -4.02. The Kier molecular flexibility index (Phi) is 4.67. The van der Waals surface area contributed by atoms with Crippen LogP contribution in [0.3, 0.4) is 0 Å². The Balaban J connectivity index is 2.92. The van der Waals surface area contributed by atoms with Gasteiger partial charge in [0.05, 0.1) is 0 Å². The SMILES string of the molecule is O=S(=O)(O)C(C[SiH2]O[SiH3])c1ccccc1. The molecule has 15 heavy (non-hydrogen) atoms. The average molecular weight is 262 g/mol. The van der Waals surface area contributed by atoms with Crippen molar-refractivity contribution < 1.29 is 17.1 Å². The summed E-state index contributed by atoms with van der Waals surface area (Å²) >= 11 is 0. The zero-order valence-corrected chi connectivity index (χ0v) is 12.7. The summed E-state index contributed by atoms with van der Waals surface area (Å²) in [5.41, 5.74) is 0.631. The van der Waals surface area contributed by atoms with Crippen molar-refractivity contribution in [2.24, 2.45) is 0 Å². The predicted molar refractivity (Wildman–Crippen MR) is 65.1 cm³/mol. The van der Waals surface area contributed by atoms with Gasteiger partial charge in [0.1, 0.15) is 25.5 Å². The molecular formula is C8H14O4SSi2. The molecule has 1 atom stereocenters. The van der Waals surface area contributed by atoms with Crippen molar-refractivity contribution in [1.29, 1.82) is 0 Å². The van der Waals surface area contributed by atoms with E-state index in [-0.39, 0.29) is 0 Å². The third-order valence-corrected chi connectivity index (χ3v) is 6.21. The zero-order chi connectivity index (χ0) is 11.3. The predicted octanol–water partition coefficient (Wildman–Crippen LogP) is -0.585. The first-order valence-corrected chi connectivity index (χ1v) is 8.45. The van der Waals surface area contributed by atoms with Crippen molar-refractivity contribution in [3.05, 3.63) is 35.9 Å². The Labute approximate surface area is 94.9 Å². The van der Waals surface area contributed by atoms with E-state index in [1.807, 2.05) is 6.07 Å². The van der Waals surface area contributed by atoms with Crippen LogP contribution in [0.4, 0.5) is 0 Å². The maximum Gasteiger partial charge on any atom is 0.271 e. The Hall–Kier alpha value is -0.476. The van der Waals surface area contributed by atoms with Gasteiger partial charge in [0.25, 0.3) is 10.1 Å². The van der Waals surface area contributed by atoms with Crippen LogP contribution in [0, 0.1) is 0 Å². The Morgan fingerprint density at radius 1 is 1.40 bits per heavy atom. The van der Waals surface area contributed by atoms with Crippen LogP contribution in [0.2, 0.25) is 6.04 Å². The third-order valence-electron chi connectivity index (χ3n) is 2.12. The van der Waals surface area contributed by atoms with Crippen molar-refractivity contribution in [3.63, 3.8) is 0 Å². The molecule has 1 aromatic carbocycles. The summed E-state index contributed by atoms with van der Waals surface area (Å²) in [5, 5.41) is -0.820. The van der Waals surface area contributed by atoms with Crippen LogP contribution in [0.1, 0.15) is 10.8 Å². The molecule has 0 radical (unpaired) electrons. The molecule has 0 saturated heterocycles. The highest BCUT2D eigenvalue weighted by Crippen LogP contribution is 2.24. The number of hydrogen-bond acceptors (Lipinski definition) is 3. The minimum absolute atomic E-state index is 0.423. The molecule has 7 heteroatoms. The molecule has 84 valence electrons. The van der Waals surface area contributed by atoms with Gasteiger partial charge in [-0.15, -0.1) is 0 Å². The van der Waals surface area contributed by atoms with E-state index in [1.54, 1.807) is 24.3 Å². The molecule has 4 nitrogen and oxygen atoms in total. The van der Waals surface area contributed by atoms with Crippen molar-refractivity contribution in [3.8, 4) is 0 Å². The topological polar surface area (TPSA) is 63.6 Å². The Morgan fingerprint density at radius 2 is 2.00 bits per heavy atom. The van der Waals surface area contributed by atoms with E-state index in [1.165, 1.54) is 0 Å². The first-order valence-electron chi connectivity index (χ1n) is 4.56. The van der Waals surface area contributed by atoms with E-state index < -0.39 is 25.1 Å². The van der Waals surface area contributed by atoms with Gasteiger partial charge < -0.3 is 4.12 Å². The smallest absolute Gasteiger partial charge is 0.271 e. The normalized spacial score (nSPS) is 14.7. The standard InChI is InChI=1S/C8H14O4SSi2/c9-13(10,11)8(6-15-12-14)7-4-2-1-3-5-7/h1-5,8H,6,15H2,14H3,(H,9,10,11).